The van der Waals surface area contributed by atoms with Crippen LogP contribution in [-0.2, 0) is 11.2 Å². The van der Waals surface area contributed by atoms with Gasteiger partial charge in [0.15, 0.2) is 0 Å². The Morgan fingerprint density at radius 2 is 1.88 bits per heavy atom. The molecule has 0 atom stereocenters. The summed E-state index contributed by atoms with van der Waals surface area (Å²) in [4.78, 5) is 28.4. The molecule has 160 valence electrons. The second-order valence-corrected chi connectivity index (χ2v) is 7.32. The lowest BCUT2D eigenvalue weighted by Gasteiger charge is -2.09. The summed E-state index contributed by atoms with van der Waals surface area (Å²) in [5.74, 6) is -0.485. The second-order valence-electron chi connectivity index (χ2n) is 7.32. The number of carboxylic acid groups (broad SMARTS) is 1. The highest BCUT2D eigenvalue weighted by Crippen LogP contribution is 2.26. The molecule has 0 aliphatic heterocycles. The van der Waals surface area contributed by atoms with E-state index in [0.717, 1.165) is 33.9 Å². The van der Waals surface area contributed by atoms with Crippen LogP contribution < -0.4 is 4.74 Å². The number of fused-ring (bicyclic) bond motifs is 1. The molecule has 1 N–H and O–H groups in total. The van der Waals surface area contributed by atoms with Gasteiger partial charge in [0.1, 0.15) is 5.75 Å². The number of aryl methyl sites for hydroxylation is 1. The third kappa shape index (κ3) is 4.59. The van der Waals surface area contributed by atoms with Crippen molar-refractivity contribution < 1.29 is 19.4 Å². The van der Waals surface area contributed by atoms with Crippen LogP contribution in [-0.4, -0.2) is 33.1 Å². The van der Waals surface area contributed by atoms with E-state index in [1.165, 1.54) is 6.08 Å². The third-order valence-corrected chi connectivity index (χ3v) is 5.13. The standard InChI is InChI=1S/C26H22N2O4/c1-18-17-23-19(10-13-25(29)30)5-4-7-24(23)28(18)26(31)20-8-11-22(12-9-20)32-16-14-21-6-2-3-15-27-21/h2-13,15,17H,14,16H2,1H3,(H,29,30). The number of carboxylic acids is 1. The highest BCUT2D eigenvalue weighted by Gasteiger charge is 2.16. The molecule has 6 nitrogen and oxygen atoms in total. The van der Waals surface area contributed by atoms with E-state index in [4.69, 9.17) is 9.84 Å². The first-order chi connectivity index (χ1) is 15.5. The molecule has 0 saturated carbocycles. The van der Waals surface area contributed by atoms with Gasteiger partial charge in [-0.1, -0.05) is 18.2 Å². The molecule has 0 aliphatic rings. The minimum Gasteiger partial charge on any atom is -0.493 e. The number of benzene rings is 2. The summed E-state index contributed by atoms with van der Waals surface area (Å²) in [7, 11) is 0. The largest absolute Gasteiger partial charge is 0.493 e. The molecule has 2 heterocycles. The molecule has 2 aromatic heterocycles. The first-order valence-corrected chi connectivity index (χ1v) is 10.2. The molecular weight excluding hydrogens is 404 g/mol. The van der Waals surface area contributed by atoms with Gasteiger partial charge >= 0.3 is 5.97 Å². The fraction of sp³-hybridized carbons (Fsp3) is 0.115. The summed E-state index contributed by atoms with van der Waals surface area (Å²) in [6.07, 6.45) is 5.09. The number of aromatic nitrogens is 2. The highest BCUT2D eigenvalue weighted by atomic mass is 16.5. The second kappa shape index (κ2) is 9.31. The van der Waals surface area contributed by atoms with E-state index in [1.807, 2.05) is 49.4 Å². The van der Waals surface area contributed by atoms with E-state index in [-0.39, 0.29) is 5.91 Å². The highest BCUT2D eigenvalue weighted by molar-refractivity contribution is 6.05. The zero-order chi connectivity index (χ0) is 22.5. The van der Waals surface area contributed by atoms with E-state index >= 15 is 0 Å². The molecule has 0 saturated heterocycles. The lowest BCUT2D eigenvalue weighted by Crippen LogP contribution is -2.13. The van der Waals surface area contributed by atoms with Crippen LogP contribution in [0.3, 0.4) is 0 Å². The lowest BCUT2D eigenvalue weighted by molar-refractivity contribution is -0.131. The molecule has 0 spiro atoms. The Morgan fingerprint density at radius 3 is 2.59 bits per heavy atom. The fourth-order valence-corrected chi connectivity index (χ4v) is 3.60. The number of carbonyl (C=O) groups excluding carboxylic acids is 1. The fourth-order valence-electron chi connectivity index (χ4n) is 3.60. The van der Waals surface area contributed by atoms with Crippen LogP contribution in [0.15, 0.2) is 79.0 Å². The van der Waals surface area contributed by atoms with Crippen molar-refractivity contribution in [3.63, 3.8) is 0 Å². The number of hydrogen-bond acceptors (Lipinski definition) is 4. The number of aliphatic carboxylic acids is 1. The molecular formula is C26H22N2O4. The Labute approximate surface area is 185 Å². The molecule has 0 bridgehead atoms. The summed E-state index contributed by atoms with van der Waals surface area (Å²) in [6.45, 7) is 2.36. The summed E-state index contributed by atoms with van der Waals surface area (Å²) in [5.41, 5.74) is 3.75. The van der Waals surface area contributed by atoms with Crippen LogP contribution in [0, 0.1) is 6.92 Å². The van der Waals surface area contributed by atoms with Gasteiger partial charge in [-0.2, -0.15) is 0 Å². The van der Waals surface area contributed by atoms with E-state index in [0.29, 0.717) is 24.3 Å². The van der Waals surface area contributed by atoms with E-state index in [9.17, 15) is 9.59 Å². The lowest BCUT2D eigenvalue weighted by atomic mass is 10.1. The van der Waals surface area contributed by atoms with Gasteiger partial charge in [-0.05, 0) is 67.1 Å². The molecule has 0 fully saturated rings. The maximum Gasteiger partial charge on any atom is 0.328 e. The SMILES string of the molecule is Cc1cc2c(C=CC(=O)O)cccc2n1C(=O)c1ccc(OCCc2ccccn2)cc1. The zero-order valence-corrected chi connectivity index (χ0v) is 17.6. The number of ether oxygens (including phenoxy) is 1. The summed E-state index contributed by atoms with van der Waals surface area (Å²) < 4.78 is 7.42. The number of carbonyl (C=O) groups is 2. The zero-order valence-electron chi connectivity index (χ0n) is 17.6. The van der Waals surface area contributed by atoms with Crippen molar-refractivity contribution >= 4 is 28.9 Å². The van der Waals surface area contributed by atoms with Gasteiger partial charge in [0.25, 0.3) is 5.91 Å². The Hall–Kier alpha value is -4.19. The minimum absolute atomic E-state index is 0.156. The smallest absolute Gasteiger partial charge is 0.328 e. The molecule has 0 amide bonds. The maximum atomic E-state index is 13.2. The van der Waals surface area contributed by atoms with Crippen molar-refractivity contribution in [2.45, 2.75) is 13.3 Å². The van der Waals surface area contributed by atoms with Gasteiger partial charge in [0, 0.05) is 41.0 Å². The normalized spacial score (nSPS) is 11.2. The van der Waals surface area contributed by atoms with Gasteiger partial charge in [0.2, 0.25) is 0 Å². The Morgan fingerprint density at radius 1 is 1.06 bits per heavy atom. The summed E-state index contributed by atoms with van der Waals surface area (Å²) in [6, 6.07) is 20.2. The molecule has 32 heavy (non-hydrogen) atoms. The quantitative estimate of drug-likeness (QED) is 0.431. The minimum atomic E-state index is -1.02. The number of pyridine rings is 1. The predicted octanol–water partition coefficient (Wildman–Crippen LogP) is 4.75. The summed E-state index contributed by atoms with van der Waals surface area (Å²) in [5, 5.41) is 9.74. The van der Waals surface area contributed by atoms with Gasteiger partial charge in [-0.3, -0.25) is 14.3 Å². The molecule has 0 radical (unpaired) electrons. The van der Waals surface area contributed by atoms with Crippen LogP contribution in [0.25, 0.3) is 17.0 Å². The molecule has 2 aromatic carbocycles. The molecule has 4 aromatic rings. The predicted molar refractivity (Wildman–Crippen MR) is 123 cm³/mol. The summed E-state index contributed by atoms with van der Waals surface area (Å²) >= 11 is 0. The molecule has 0 aliphatic carbocycles. The van der Waals surface area contributed by atoms with Crippen molar-refractivity contribution in [2.24, 2.45) is 0 Å². The van der Waals surface area contributed by atoms with Crippen LogP contribution in [0.2, 0.25) is 0 Å². The number of nitrogens with zero attached hydrogens (tertiary/aromatic N) is 2. The third-order valence-electron chi connectivity index (χ3n) is 5.13. The van der Waals surface area contributed by atoms with Crippen molar-refractivity contribution in [3.05, 3.63) is 102 Å². The Kier molecular flexibility index (Phi) is 6.12. The van der Waals surface area contributed by atoms with Crippen molar-refractivity contribution in [1.29, 1.82) is 0 Å². The Bertz CT molecular complexity index is 1290. The average Bonchev–Trinajstić information content (AvgIpc) is 3.14. The van der Waals surface area contributed by atoms with Crippen molar-refractivity contribution in [1.82, 2.24) is 9.55 Å². The van der Waals surface area contributed by atoms with Gasteiger partial charge in [0.05, 0.1) is 12.1 Å². The van der Waals surface area contributed by atoms with Crippen LogP contribution in [0.5, 0.6) is 5.75 Å². The number of hydrogen-bond donors (Lipinski definition) is 1. The van der Waals surface area contributed by atoms with E-state index in [2.05, 4.69) is 4.98 Å². The van der Waals surface area contributed by atoms with Crippen molar-refractivity contribution in [3.8, 4) is 5.75 Å². The maximum absolute atomic E-state index is 13.2. The average molecular weight is 426 g/mol. The van der Waals surface area contributed by atoms with Crippen LogP contribution in [0.4, 0.5) is 0 Å². The first kappa shape index (κ1) is 21.1. The van der Waals surface area contributed by atoms with E-state index in [1.54, 1.807) is 35.0 Å². The topological polar surface area (TPSA) is 81.4 Å². The van der Waals surface area contributed by atoms with Gasteiger partial charge in [-0.15, -0.1) is 0 Å². The Balaban J connectivity index is 1.52. The monoisotopic (exact) mass is 426 g/mol. The molecule has 4 rings (SSSR count). The first-order valence-electron chi connectivity index (χ1n) is 10.2. The van der Waals surface area contributed by atoms with Gasteiger partial charge in [-0.25, -0.2) is 4.79 Å². The van der Waals surface area contributed by atoms with Crippen molar-refractivity contribution in [2.75, 3.05) is 6.61 Å². The molecule has 0 unspecified atom stereocenters. The van der Waals surface area contributed by atoms with E-state index < -0.39 is 5.97 Å². The van der Waals surface area contributed by atoms with Crippen LogP contribution in [0.1, 0.15) is 27.3 Å². The number of rotatable bonds is 7. The molecule has 6 heteroatoms. The van der Waals surface area contributed by atoms with Crippen LogP contribution >= 0.6 is 0 Å². The van der Waals surface area contributed by atoms with Gasteiger partial charge < -0.3 is 9.84 Å².